The Morgan fingerprint density at radius 3 is 2.38 bits per heavy atom. The largest absolute Gasteiger partial charge is 0.497 e. The number of Topliss-reactive ketones (excluding diaryl/α,β-unsaturated/α-hetero) is 1. The second-order valence-electron chi connectivity index (χ2n) is 5.42. The molecular weight excluding hydrogens is 308 g/mol. The molecule has 0 radical (unpaired) electrons. The Kier molecular flexibility index (Phi) is 5.38. The maximum absolute atomic E-state index is 12.5. The Hall–Kier alpha value is -3.07. The molecule has 24 heavy (non-hydrogen) atoms. The number of nitrogens with zero attached hydrogens (tertiary/aromatic N) is 1. The average molecular weight is 326 g/mol. The summed E-state index contributed by atoms with van der Waals surface area (Å²) >= 11 is 0. The van der Waals surface area contributed by atoms with Crippen molar-refractivity contribution in [1.29, 1.82) is 5.26 Å². The highest BCUT2D eigenvalue weighted by Crippen LogP contribution is 2.31. The van der Waals surface area contributed by atoms with Gasteiger partial charge in [-0.25, -0.2) is 0 Å². The third-order valence-electron chi connectivity index (χ3n) is 3.79. The first kappa shape index (κ1) is 17.3. The van der Waals surface area contributed by atoms with E-state index in [1.807, 2.05) is 6.07 Å². The van der Waals surface area contributed by atoms with E-state index in [-0.39, 0.29) is 12.2 Å². The van der Waals surface area contributed by atoms with Crippen LogP contribution in [0.4, 0.5) is 0 Å². The first-order valence-corrected chi connectivity index (χ1v) is 7.38. The van der Waals surface area contributed by atoms with Crippen LogP contribution in [0.15, 0.2) is 40.8 Å². The summed E-state index contributed by atoms with van der Waals surface area (Å²) in [5.74, 6) is -1.18. The summed E-state index contributed by atoms with van der Waals surface area (Å²) in [4.78, 5) is 24.1. The van der Waals surface area contributed by atoms with Crippen LogP contribution in [0.25, 0.3) is 0 Å². The van der Waals surface area contributed by atoms with Crippen LogP contribution in [0.3, 0.4) is 0 Å². The molecule has 0 aliphatic rings. The van der Waals surface area contributed by atoms with Gasteiger partial charge in [0, 0.05) is 17.9 Å². The molecule has 0 bridgehead atoms. The molecule has 2 N–H and O–H groups in total. The van der Waals surface area contributed by atoms with Gasteiger partial charge >= 0.3 is 0 Å². The van der Waals surface area contributed by atoms with Gasteiger partial charge in [0.05, 0.1) is 13.2 Å². The third kappa shape index (κ3) is 3.82. The predicted octanol–water partition coefficient (Wildman–Crippen LogP) is 2.58. The number of aryl methyl sites for hydroxylation is 1. The third-order valence-corrected chi connectivity index (χ3v) is 3.79. The smallest absolute Gasteiger partial charge is 0.235 e. The SMILES string of the molecule is COc1ccc(C(=O)CC(c2ccc(C)o2)C(C#N)C(N)=O)cc1. The first-order valence-electron chi connectivity index (χ1n) is 7.38. The molecule has 1 heterocycles. The molecule has 1 amide bonds. The number of furan rings is 1. The number of ether oxygens (including phenoxy) is 1. The van der Waals surface area contributed by atoms with Gasteiger partial charge in [-0.3, -0.25) is 9.59 Å². The number of methoxy groups -OCH3 is 1. The maximum Gasteiger partial charge on any atom is 0.235 e. The number of ketones is 1. The number of hydrogen-bond acceptors (Lipinski definition) is 5. The fourth-order valence-corrected chi connectivity index (χ4v) is 2.48. The molecule has 1 aromatic carbocycles. The van der Waals surface area contributed by atoms with Gasteiger partial charge in [-0.05, 0) is 43.3 Å². The van der Waals surface area contributed by atoms with Crippen LogP contribution in [0.5, 0.6) is 5.75 Å². The highest BCUT2D eigenvalue weighted by atomic mass is 16.5. The maximum atomic E-state index is 12.5. The first-order chi connectivity index (χ1) is 11.5. The second-order valence-corrected chi connectivity index (χ2v) is 5.42. The van der Waals surface area contributed by atoms with Crippen molar-refractivity contribution in [2.75, 3.05) is 7.11 Å². The summed E-state index contributed by atoms with van der Waals surface area (Å²) < 4.78 is 10.6. The Balaban J connectivity index is 2.28. The van der Waals surface area contributed by atoms with Crippen molar-refractivity contribution in [1.82, 2.24) is 0 Å². The lowest BCUT2D eigenvalue weighted by Crippen LogP contribution is -2.29. The number of carbonyl (C=O) groups excluding carboxylic acids is 2. The zero-order valence-corrected chi connectivity index (χ0v) is 13.5. The van der Waals surface area contributed by atoms with Crippen molar-refractivity contribution in [2.45, 2.75) is 19.3 Å². The summed E-state index contributed by atoms with van der Waals surface area (Å²) in [6.45, 7) is 1.75. The van der Waals surface area contributed by atoms with E-state index in [9.17, 15) is 14.9 Å². The number of rotatable bonds is 7. The van der Waals surface area contributed by atoms with Crippen LogP contribution >= 0.6 is 0 Å². The van der Waals surface area contributed by atoms with E-state index >= 15 is 0 Å². The monoisotopic (exact) mass is 326 g/mol. The van der Waals surface area contributed by atoms with Gasteiger partial charge in [-0.15, -0.1) is 0 Å². The second kappa shape index (κ2) is 7.47. The normalized spacial score (nSPS) is 12.9. The lowest BCUT2D eigenvalue weighted by atomic mass is 9.85. The van der Waals surface area contributed by atoms with E-state index in [2.05, 4.69) is 0 Å². The number of hydrogen-bond donors (Lipinski definition) is 1. The van der Waals surface area contributed by atoms with Gasteiger partial charge in [-0.1, -0.05) is 0 Å². The van der Waals surface area contributed by atoms with Gasteiger partial charge in [0.2, 0.25) is 5.91 Å². The minimum absolute atomic E-state index is 0.0551. The zero-order valence-electron chi connectivity index (χ0n) is 13.5. The number of nitriles is 1. The van der Waals surface area contributed by atoms with E-state index in [0.29, 0.717) is 22.8 Å². The average Bonchev–Trinajstić information content (AvgIpc) is 3.00. The van der Waals surface area contributed by atoms with Crippen LogP contribution in [-0.2, 0) is 4.79 Å². The van der Waals surface area contributed by atoms with Gasteiger partial charge < -0.3 is 14.9 Å². The minimum Gasteiger partial charge on any atom is -0.497 e. The lowest BCUT2D eigenvalue weighted by molar-refractivity contribution is -0.120. The molecule has 6 nitrogen and oxygen atoms in total. The van der Waals surface area contributed by atoms with Crippen LogP contribution in [0.1, 0.15) is 34.2 Å². The number of benzene rings is 1. The molecule has 2 rings (SSSR count). The Morgan fingerprint density at radius 2 is 1.92 bits per heavy atom. The summed E-state index contributed by atoms with van der Waals surface area (Å²) in [5.41, 5.74) is 5.78. The van der Waals surface area contributed by atoms with E-state index in [4.69, 9.17) is 14.9 Å². The number of amides is 1. The molecular formula is C18H18N2O4. The van der Waals surface area contributed by atoms with Gasteiger partial charge in [0.15, 0.2) is 5.78 Å². The van der Waals surface area contributed by atoms with Crippen LogP contribution < -0.4 is 10.5 Å². The minimum atomic E-state index is -1.14. The molecule has 0 aliphatic carbocycles. The quantitative estimate of drug-likeness (QED) is 0.787. The van der Waals surface area contributed by atoms with Crippen LogP contribution in [-0.4, -0.2) is 18.8 Å². The Labute approximate surface area is 139 Å². The molecule has 0 aliphatic heterocycles. The highest BCUT2D eigenvalue weighted by molar-refractivity contribution is 5.97. The van der Waals surface area contributed by atoms with Crippen LogP contribution in [0, 0.1) is 24.2 Å². The molecule has 0 fully saturated rings. The molecule has 2 atom stereocenters. The summed E-state index contributed by atoms with van der Waals surface area (Å²) in [7, 11) is 1.54. The van der Waals surface area contributed by atoms with Crippen molar-refractivity contribution in [3.8, 4) is 11.8 Å². The number of nitrogens with two attached hydrogens (primary N) is 1. The van der Waals surface area contributed by atoms with Gasteiger partial charge in [0.25, 0.3) is 0 Å². The fraction of sp³-hybridized carbons (Fsp3) is 0.278. The fourth-order valence-electron chi connectivity index (χ4n) is 2.48. The van der Waals surface area contributed by atoms with E-state index in [1.165, 1.54) is 7.11 Å². The van der Waals surface area contributed by atoms with Crippen molar-refractivity contribution in [3.63, 3.8) is 0 Å². The molecule has 0 spiro atoms. The summed E-state index contributed by atoms with van der Waals surface area (Å²) in [6.07, 6.45) is -0.0551. The molecule has 6 heteroatoms. The number of primary amides is 1. The van der Waals surface area contributed by atoms with Crippen molar-refractivity contribution in [3.05, 3.63) is 53.5 Å². The predicted molar refractivity (Wildman–Crippen MR) is 86.4 cm³/mol. The van der Waals surface area contributed by atoms with Crippen LogP contribution in [0.2, 0.25) is 0 Å². The number of carbonyl (C=O) groups is 2. The molecule has 1 aromatic heterocycles. The standard InChI is InChI=1S/C18H18N2O4/c1-11-3-8-17(24-11)14(15(10-19)18(20)22)9-16(21)12-4-6-13(23-2)7-5-12/h3-8,14-15H,9H2,1-2H3,(H2,20,22). The Bertz CT molecular complexity index is 771. The molecule has 2 aromatic rings. The van der Waals surface area contributed by atoms with E-state index < -0.39 is 17.7 Å². The van der Waals surface area contributed by atoms with Crippen molar-refractivity contribution >= 4 is 11.7 Å². The van der Waals surface area contributed by atoms with E-state index in [1.54, 1.807) is 43.3 Å². The summed E-state index contributed by atoms with van der Waals surface area (Å²) in [6, 6.07) is 11.9. The Morgan fingerprint density at radius 1 is 1.25 bits per heavy atom. The van der Waals surface area contributed by atoms with Crippen molar-refractivity contribution < 1.29 is 18.7 Å². The van der Waals surface area contributed by atoms with Gasteiger partial charge in [-0.2, -0.15) is 5.26 Å². The molecule has 124 valence electrons. The molecule has 2 unspecified atom stereocenters. The molecule has 0 saturated carbocycles. The lowest BCUT2D eigenvalue weighted by Gasteiger charge is -2.17. The topological polar surface area (TPSA) is 106 Å². The molecule has 0 saturated heterocycles. The van der Waals surface area contributed by atoms with Crippen molar-refractivity contribution in [2.24, 2.45) is 11.7 Å². The highest BCUT2D eigenvalue weighted by Gasteiger charge is 2.32. The van der Waals surface area contributed by atoms with Gasteiger partial charge in [0.1, 0.15) is 23.2 Å². The van der Waals surface area contributed by atoms with E-state index in [0.717, 1.165) is 0 Å². The zero-order chi connectivity index (χ0) is 17.7. The summed E-state index contributed by atoms with van der Waals surface area (Å²) in [5, 5.41) is 9.27.